The normalized spacial score (nSPS) is 25.6. The Morgan fingerprint density at radius 3 is 2.64 bits per heavy atom. The average molecular weight is 190 g/mol. The Hall–Kier alpha value is -1.18. The molecule has 76 valence electrons. The summed E-state index contributed by atoms with van der Waals surface area (Å²) in [6.07, 6.45) is 2.59. The molecule has 0 aromatic heterocycles. The van der Waals surface area contributed by atoms with E-state index in [2.05, 4.69) is 25.2 Å². The van der Waals surface area contributed by atoms with Gasteiger partial charge in [0.1, 0.15) is 0 Å². The summed E-state index contributed by atoms with van der Waals surface area (Å²) in [5, 5.41) is 3.55. The van der Waals surface area contributed by atoms with Crippen LogP contribution >= 0.6 is 0 Å². The second-order valence-corrected chi connectivity index (χ2v) is 4.49. The monoisotopic (exact) mass is 190 g/mol. The van der Waals surface area contributed by atoms with Crippen LogP contribution in [0.15, 0.2) is 18.2 Å². The fourth-order valence-electron chi connectivity index (χ4n) is 2.09. The third-order valence-electron chi connectivity index (χ3n) is 2.98. The Kier molecular flexibility index (Phi) is 2.36. The molecule has 0 unspecified atom stereocenters. The third-order valence-corrected chi connectivity index (χ3v) is 2.98. The predicted octanol–water partition coefficient (Wildman–Crippen LogP) is 2.79. The fourth-order valence-corrected chi connectivity index (χ4v) is 2.09. The van der Waals surface area contributed by atoms with Crippen LogP contribution in [0.25, 0.3) is 0 Å². The number of hydrogen-bond acceptors (Lipinski definition) is 2. The minimum atomic E-state index is 0.673. The highest BCUT2D eigenvalue weighted by Crippen LogP contribution is 2.30. The standard InChI is InChI=1S/C12H18N2/c1-8-5-11(6-8)14-12-4-3-10(13)7-9(12)2/h3-4,7-8,11,14H,5-6,13H2,1-2H3. The molecule has 1 aliphatic rings. The molecule has 14 heavy (non-hydrogen) atoms. The van der Waals surface area contributed by atoms with E-state index in [1.807, 2.05) is 12.1 Å². The molecule has 1 saturated carbocycles. The largest absolute Gasteiger partial charge is 0.399 e. The van der Waals surface area contributed by atoms with Gasteiger partial charge >= 0.3 is 0 Å². The van der Waals surface area contributed by atoms with Crippen LogP contribution in [0, 0.1) is 12.8 Å². The summed E-state index contributed by atoms with van der Waals surface area (Å²) >= 11 is 0. The first-order chi connectivity index (χ1) is 6.65. The maximum Gasteiger partial charge on any atom is 0.0373 e. The topological polar surface area (TPSA) is 38.0 Å². The van der Waals surface area contributed by atoms with E-state index in [4.69, 9.17) is 5.73 Å². The quantitative estimate of drug-likeness (QED) is 0.704. The minimum absolute atomic E-state index is 0.673. The van der Waals surface area contributed by atoms with Gasteiger partial charge in [-0.25, -0.2) is 0 Å². The highest BCUT2D eigenvalue weighted by atomic mass is 14.9. The molecule has 0 atom stereocenters. The molecule has 0 radical (unpaired) electrons. The maximum absolute atomic E-state index is 5.70. The highest BCUT2D eigenvalue weighted by molar-refractivity contribution is 5.58. The molecule has 0 heterocycles. The van der Waals surface area contributed by atoms with Crippen LogP contribution in [0.3, 0.4) is 0 Å². The minimum Gasteiger partial charge on any atom is -0.399 e. The maximum atomic E-state index is 5.70. The molecule has 1 aliphatic carbocycles. The molecule has 0 bridgehead atoms. The molecule has 0 spiro atoms. The van der Waals surface area contributed by atoms with Crippen LogP contribution in [-0.2, 0) is 0 Å². The van der Waals surface area contributed by atoms with Crippen LogP contribution in [-0.4, -0.2) is 6.04 Å². The first kappa shape index (κ1) is 9.38. The summed E-state index contributed by atoms with van der Waals surface area (Å²) in [5.74, 6) is 0.890. The van der Waals surface area contributed by atoms with Gasteiger partial charge < -0.3 is 11.1 Å². The van der Waals surface area contributed by atoms with Gasteiger partial charge in [0.15, 0.2) is 0 Å². The number of anilines is 2. The summed E-state index contributed by atoms with van der Waals surface area (Å²) in [6, 6.07) is 6.72. The number of nitrogen functional groups attached to an aromatic ring is 1. The Morgan fingerprint density at radius 1 is 1.36 bits per heavy atom. The first-order valence-corrected chi connectivity index (χ1v) is 5.28. The van der Waals surface area contributed by atoms with Crippen molar-refractivity contribution in [2.45, 2.75) is 32.7 Å². The summed E-state index contributed by atoms with van der Waals surface area (Å²) in [7, 11) is 0. The van der Waals surface area contributed by atoms with E-state index in [1.54, 1.807) is 0 Å². The number of hydrogen-bond donors (Lipinski definition) is 2. The Morgan fingerprint density at radius 2 is 2.07 bits per heavy atom. The van der Waals surface area contributed by atoms with Crippen molar-refractivity contribution in [2.24, 2.45) is 5.92 Å². The lowest BCUT2D eigenvalue weighted by molar-refractivity contribution is 0.309. The smallest absolute Gasteiger partial charge is 0.0373 e. The number of aryl methyl sites for hydroxylation is 1. The van der Waals surface area contributed by atoms with E-state index in [0.29, 0.717) is 6.04 Å². The van der Waals surface area contributed by atoms with Crippen molar-refractivity contribution in [3.63, 3.8) is 0 Å². The van der Waals surface area contributed by atoms with Gasteiger partial charge in [-0.15, -0.1) is 0 Å². The highest BCUT2D eigenvalue weighted by Gasteiger charge is 2.25. The van der Waals surface area contributed by atoms with Gasteiger partial charge in [-0.1, -0.05) is 6.92 Å². The van der Waals surface area contributed by atoms with Crippen molar-refractivity contribution >= 4 is 11.4 Å². The van der Waals surface area contributed by atoms with E-state index in [0.717, 1.165) is 11.6 Å². The van der Waals surface area contributed by atoms with Gasteiger partial charge in [0.2, 0.25) is 0 Å². The fraction of sp³-hybridized carbons (Fsp3) is 0.500. The van der Waals surface area contributed by atoms with Crippen LogP contribution in [0.2, 0.25) is 0 Å². The van der Waals surface area contributed by atoms with Crippen LogP contribution in [0.4, 0.5) is 11.4 Å². The lowest BCUT2D eigenvalue weighted by Crippen LogP contribution is -2.33. The van der Waals surface area contributed by atoms with Crippen molar-refractivity contribution < 1.29 is 0 Å². The van der Waals surface area contributed by atoms with Gasteiger partial charge in [-0.05, 0) is 49.4 Å². The Balaban J connectivity index is 2.02. The van der Waals surface area contributed by atoms with Gasteiger partial charge in [0.25, 0.3) is 0 Å². The second-order valence-electron chi connectivity index (χ2n) is 4.49. The number of nitrogens with one attached hydrogen (secondary N) is 1. The lowest BCUT2D eigenvalue weighted by Gasteiger charge is -2.34. The third kappa shape index (κ3) is 1.84. The average Bonchev–Trinajstić information content (AvgIpc) is 2.06. The molecule has 1 aromatic rings. The van der Waals surface area contributed by atoms with E-state index < -0.39 is 0 Å². The summed E-state index contributed by atoms with van der Waals surface area (Å²) in [4.78, 5) is 0. The summed E-state index contributed by atoms with van der Waals surface area (Å²) in [6.45, 7) is 4.40. The van der Waals surface area contributed by atoms with E-state index in [9.17, 15) is 0 Å². The lowest BCUT2D eigenvalue weighted by atomic mass is 9.81. The van der Waals surface area contributed by atoms with Crippen LogP contribution in [0.1, 0.15) is 25.3 Å². The molecular formula is C12H18N2. The zero-order valence-corrected chi connectivity index (χ0v) is 8.88. The van der Waals surface area contributed by atoms with Gasteiger partial charge in [-0.3, -0.25) is 0 Å². The molecule has 1 fully saturated rings. The van der Waals surface area contributed by atoms with E-state index in [-0.39, 0.29) is 0 Å². The second kappa shape index (κ2) is 3.52. The van der Waals surface area contributed by atoms with Crippen molar-refractivity contribution in [1.82, 2.24) is 0 Å². The number of rotatable bonds is 2. The molecule has 2 heteroatoms. The zero-order valence-electron chi connectivity index (χ0n) is 8.88. The molecule has 2 rings (SSSR count). The predicted molar refractivity (Wildman–Crippen MR) is 61.4 cm³/mol. The summed E-state index contributed by atoms with van der Waals surface area (Å²) in [5.41, 5.74) is 9.01. The molecule has 3 N–H and O–H groups in total. The van der Waals surface area contributed by atoms with Crippen molar-refractivity contribution in [3.05, 3.63) is 23.8 Å². The molecule has 0 aliphatic heterocycles. The van der Waals surface area contributed by atoms with E-state index in [1.165, 1.54) is 24.1 Å². The zero-order chi connectivity index (χ0) is 10.1. The number of benzene rings is 1. The van der Waals surface area contributed by atoms with Crippen molar-refractivity contribution in [1.29, 1.82) is 0 Å². The first-order valence-electron chi connectivity index (χ1n) is 5.28. The molecule has 1 aromatic carbocycles. The molecular weight excluding hydrogens is 172 g/mol. The van der Waals surface area contributed by atoms with Gasteiger partial charge in [0, 0.05) is 17.4 Å². The SMILES string of the molecule is Cc1cc(N)ccc1NC1CC(C)C1. The van der Waals surface area contributed by atoms with Crippen molar-refractivity contribution in [2.75, 3.05) is 11.1 Å². The van der Waals surface area contributed by atoms with Crippen LogP contribution < -0.4 is 11.1 Å². The van der Waals surface area contributed by atoms with Gasteiger partial charge in [-0.2, -0.15) is 0 Å². The molecule has 0 saturated heterocycles. The van der Waals surface area contributed by atoms with Gasteiger partial charge in [0.05, 0.1) is 0 Å². The Bertz CT molecular complexity index is 327. The molecule has 0 amide bonds. The number of nitrogens with two attached hydrogens (primary N) is 1. The van der Waals surface area contributed by atoms with E-state index >= 15 is 0 Å². The Labute approximate surface area is 85.5 Å². The van der Waals surface area contributed by atoms with Crippen LogP contribution in [0.5, 0.6) is 0 Å². The summed E-state index contributed by atoms with van der Waals surface area (Å²) < 4.78 is 0. The molecule has 2 nitrogen and oxygen atoms in total. The van der Waals surface area contributed by atoms with Crippen molar-refractivity contribution in [3.8, 4) is 0 Å².